The Morgan fingerprint density at radius 1 is 1.11 bits per heavy atom. The van der Waals surface area contributed by atoms with Crippen LogP contribution in [0.15, 0.2) is 24.3 Å². The molecule has 7 heteroatoms. The van der Waals surface area contributed by atoms with Crippen molar-refractivity contribution in [3.8, 4) is 0 Å². The lowest BCUT2D eigenvalue weighted by Gasteiger charge is -2.63. The van der Waals surface area contributed by atoms with E-state index in [0.717, 1.165) is 61.6 Å². The first-order valence-corrected chi connectivity index (χ1v) is 15.6. The molecule has 4 aliphatic rings. The average Bonchev–Trinajstić information content (AvgIpc) is 3.45. The van der Waals surface area contributed by atoms with Gasteiger partial charge >= 0.3 is 0 Å². The van der Waals surface area contributed by atoms with E-state index in [1.807, 2.05) is 24.3 Å². The Morgan fingerprint density at radius 3 is 2.68 bits per heavy atom. The number of carbonyl (C=O) groups is 1. The molecule has 4 aliphatic carbocycles. The molecule has 0 bridgehead atoms. The van der Waals surface area contributed by atoms with Crippen LogP contribution in [0.2, 0.25) is 0 Å². The van der Waals surface area contributed by atoms with E-state index in [-0.39, 0.29) is 34.9 Å². The number of nitrogens with zero attached hydrogens (tertiary/aromatic N) is 1. The number of para-hydroxylation sites is 1. The van der Waals surface area contributed by atoms with Crippen molar-refractivity contribution in [2.45, 2.75) is 96.9 Å². The maximum atomic E-state index is 12.8. The van der Waals surface area contributed by atoms with Gasteiger partial charge in [0, 0.05) is 6.42 Å². The Morgan fingerprint density at radius 2 is 1.89 bits per heavy atom. The predicted molar refractivity (Wildman–Crippen MR) is 151 cm³/mol. The van der Waals surface area contributed by atoms with Crippen molar-refractivity contribution >= 4 is 32.6 Å². The number of aliphatic hydroxyl groups is 3. The van der Waals surface area contributed by atoms with Crippen LogP contribution < -0.4 is 5.32 Å². The standard InChI is InChI=1S/C31H44N2O4S/c1-17(8-11-27(37)33-29-32-23-6-4-5-7-25(23)38-29)20-9-10-21-28-22(16-26(36)31(20,21)3)30(2)13-12-19(34)14-18(30)15-24(28)35/h4-7,17-22,24,26,28,34-36H,8-16H2,1-3H3,(H,32,33,37)/t17-,18+,19-,20-,21+,22+,24-,26+,28+,30+,31-/m1/s1. The normalized spacial score (nSPS) is 43.2. The van der Waals surface area contributed by atoms with Gasteiger partial charge in [0.25, 0.3) is 0 Å². The van der Waals surface area contributed by atoms with Crippen LogP contribution in [-0.2, 0) is 4.79 Å². The highest BCUT2D eigenvalue weighted by molar-refractivity contribution is 7.22. The second-order valence-corrected chi connectivity index (χ2v) is 14.6. The molecular formula is C31H44N2O4S. The van der Waals surface area contributed by atoms with Gasteiger partial charge in [-0.3, -0.25) is 4.79 Å². The molecule has 1 amide bonds. The van der Waals surface area contributed by atoms with E-state index in [4.69, 9.17) is 0 Å². The monoisotopic (exact) mass is 540 g/mol. The third kappa shape index (κ3) is 4.23. The van der Waals surface area contributed by atoms with Gasteiger partial charge in [0.15, 0.2) is 5.13 Å². The van der Waals surface area contributed by atoms with Crippen LogP contribution in [0.5, 0.6) is 0 Å². The molecule has 4 fully saturated rings. The Balaban J connectivity index is 1.13. The first-order chi connectivity index (χ1) is 18.1. The van der Waals surface area contributed by atoms with E-state index >= 15 is 0 Å². The van der Waals surface area contributed by atoms with E-state index in [2.05, 4.69) is 31.1 Å². The van der Waals surface area contributed by atoms with E-state index < -0.39 is 6.10 Å². The minimum absolute atomic E-state index is 0.000943. The second-order valence-electron chi connectivity index (χ2n) is 13.6. The van der Waals surface area contributed by atoms with Gasteiger partial charge in [-0.2, -0.15) is 0 Å². The summed E-state index contributed by atoms with van der Waals surface area (Å²) in [4.78, 5) is 17.3. The Kier molecular flexibility index (Phi) is 6.90. The molecule has 11 atom stereocenters. The summed E-state index contributed by atoms with van der Waals surface area (Å²) in [7, 11) is 0. The first-order valence-electron chi connectivity index (χ1n) is 14.8. The van der Waals surface area contributed by atoms with Crippen molar-refractivity contribution in [3.05, 3.63) is 24.3 Å². The highest BCUT2D eigenvalue weighted by Gasteiger charge is 2.65. The molecule has 0 saturated heterocycles. The van der Waals surface area contributed by atoms with Crippen molar-refractivity contribution in [2.24, 2.45) is 46.3 Å². The summed E-state index contributed by atoms with van der Waals surface area (Å²) in [5.74, 6) is 1.82. The van der Waals surface area contributed by atoms with Gasteiger partial charge in [0.1, 0.15) is 0 Å². The number of nitrogens with one attached hydrogen (secondary N) is 1. The van der Waals surface area contributed by atoms with Gasteiger partial charge in [0.05, 0.1) is 28.5 Å². The van der Waals surface area contributed by atoms with Gasteiger partial charge in [-0.1, -0.05) is 44.2 Å². The number of carbonyl (C=O) groups excluding carboxylic acids is 1. The zero-order valence-electron chi connectivity index (χ0n) is 23.0. The Bertz CT molecular complexity index is 1150. The summed E-state index contributed by atoms with van der Waals surface area (Å²) < 4.78 is 1.07. The maximum absolute atomic E-state index is 12.8. The van der Waals surface area contributed by atoms with Gasteiger partial charge < -0.3 is 20.6 Å². The molecular weight excluding hydrogens is 496 g/mol. The van der Waals surface area contributed by atoms with Crippen molar-refractivity contribution in [1.82, 2.24) is 4.98 Å². The van der Waals surface area contributed by atoms with Crippen molar-refractivity contribution in [1.29, 1.82) is 0 Å². The van der Waals surface area contributed by atoms with Crippen molar-refractivity contribution in [2.75, 3.05) is 5.32 Å². The smallest absolute Gasteiger partial charge is 0.226 e. The molecule has 2 aromatic rings. The molecule has 38 heavy (non-hydrogen) atoms. The number of benzene rings is 1. The molecule has 0 unspecified atom stereocenters. The molecule has 1 aromatic carbocycles. The quantitative estimate of drug-likeness (QED) is 0.395. The summed E-state index contributed by atoms with van der Waals surface area (Å²) in [6.45, 7) is 6.90. The molecule has 6 nitrogen and oxygen atoms in total. The fraction of sp³-hybridized carbons (Fsp3) is 0.742. The van der Waals surface area contributed by atoms with Crippen molar-refractivity contribution < 1.29 is 20.1 Å². The van der Waals surface area contributed by atoms with Gasteiger partial charge in [-0.05, 0) is 110 Å². The second kappa shape index (κ2) is 9.83. The predicted octanol–water partition coefficient (Wildman–Crippen LogP) is 5.61. The number of amides is 1. The number of aromatic nitrogens is 1. The van der Waals surface area contributed by atoms with Crippen LogP contribution in [0.3, 0.4) is 0 Å². The molecule has 0 aliphatic heterocycles. The molecule has 0 spiro atoms. The number of rotatable bonds is 5. The summed E-state index contributed by atoms with van der Waals surface area (Å²) in [5.41, 5.74) is 0.765. The minimum atomic E-state index is -0.394. The van der Waals surface area contributed by atoms with Crippen LogP contribution >= 0.6 is 11.3 Å². The number of fused-ring (bicyclic) bond motifs is 6. The van der Waals surface area contributed by atoms with Crippen LogP contribution in [0.4, 0.5) is 5.13 Å². The number of hydrogen-bond donors (Lipinski definition) is 4. The third-order valence-corrected chi connectivity index (χ3v) is 12.8. The summed E-state index contributed by atoms with van der Waals surface area (Å²) in [6.07, 6.45) is 6.47. The van der Waals surface area contributed by atoms with E-state index in [1.54, 1.807) is 0 Å². The lowest BCUT2D eigenvalue weighted by Crippen LogP contribution is -2.62. The maximum Gasteiger partial charge on any atom is 0.226 e. The highest BCUT2D eigenvalue weighted by atomic mass is 32.1. The zero-order valence-corrected chi connectivity index (χ0v) is 23.8. The van der Waals surface area contributed by atoms with Crippen LogP contribution in [0.25, 0.3) is 10.2 Å². The number of hydrogen-bond acceptors (Lipinski definition) is 6. The van der Waals surface area contributed by atoms with Crippen molar-refractivity contribution in [3.63, 3.8) is 0 Å². The highest BCUT2D eigenvalue weighted by Crippen LogP contribution is 2.68. The molecule has 4 N–H and O–H groups in total. The number of anilines is 1. The van der Waals surface area contributed by atoms with Crippen LogP contribution in [0, 0.1) is 46.3 Å². The first kappa shape index (κ1) is 26.7. The minimum Gasteiger partial charge on any atom is -0.393 e. The lowest BCUT2D eigenvalue weighted by atomic mass is 9.43. The average molecular weight is 541 g/mol. The van der Waals surface area contributed by atoms with E-state index in [9.17, 15) is 20.1 Å². The SMILES string of the molecule is C[C@H](CCC(=O)Nc1nc2ccccc2s1)[C@H]1CC[C@H]2[C@@H]3[C@H](O)C[C@@H]4C[C@H](O)CC[C@]4(C)[C@H]3C[C@H](O)[C@]12C. The zero-order chi connectivity index (χ0) is 26.8. The topological polar surface area (TPSA) is 103 Å². The van der Waals surface area contributed by atoms with E-state index in [0.29, 0.717) is 41.1 Å². The van der Waals surface area contributed by atoms with Gasteiger partial charge in [0.2, 0.25) is 5.91 Å². The van der Waals surface area contributed by atoms with Crippen LogP contribution in [-0.4, -0.2) is 44.5 Å². The lowest BCUT2D eigenvalue weighted by molar-refractivity contribution is -0.207. The summed E-state index contributed by atoms with van der Waals surface area (Å²) in [5, 5.41) is 37.2. The largest absolute Gasteiger partial charge is 0.393 e. The molecule has 1 aromatic heterocycles. The molecule has 0 radical (unpaired) electrons. The van der Waals surface area contributed by atoms with Crippen LogP contribution in [0.1, 0.15) is 78.6 Å². The third-order valence-electron chi connectivity index (χ3n) is 11.9. The summed E-state index contributed by atoms with van der Waals surface area (Å²) >= 11 is 1.50. The van der Waals surface area contributed by atoms with E-state index in [1.165, 1.54) is 11.3 Å². The molecule has 6 rings (SSSR count). The molecule has 1 heterocycles. The summed E-state index contributed by atoms with van der Waals surface area (Å²) in [6, 6.07) is 7.92. The molecule has 208 valence electrons. The number of aliphatic hydroxyl groups excluding tert-OH is 3. The molecule has 4 saturated carbocycles. The fourth-order valence-corrected chi connectivity index (χ4v) is 10.7. The fourth-order valence-electron chi connectivity index (χ4n) is 9.80. The van der Waals surface area contributed by atoms with Gasteiger partial charge in [-0.15, -0.1) is 0 Å². The Labute approximate surface area is 230 Å². The number of thiazole rings is 1. The Hall–Kier alpha value is -1.54. The van der Waals surface area contributed by atoms with Gasteiger partial charge in [-0.25, -0.2) is 4.98 Å².